The topological polar surface area (TPSA) is 61.5 Å². The summed E-state index contributed by atoms with van der Waals surface area (Å²) in [6.45, 7) is 9.99. The smallest absolute Gasteiger partial charge is 0.232 e. The van der Waals surface area contributed by atoms with Gasteiger partial charge in [-0.3, -0.25) is 4.40 Å². The van der Waals surface area contributed by atoms with E-state index in [0.29, 0.717) is 5.88 Å². The molecule has 30 heavy (non-hydrogen) atoms. The largest absolute Gasteiger partial charge is 0.491 e. The second-order valence-corrected chi connectivity index (χ2v) is 8.43. The fraction of sp³-hybridized carbons (Fsp3) is 0.292. The van der Waals surface area contributed by atoms with Crippen LogP contribution in [0.4, 0.5) is 0 Å². The van der Waals surface area contributed by atoms with Crippen molar-refractivity contribution in [1.82, 2.24) is 19.4 Å². The van der Waals surface area contributed by atoms with Gasteiger partial charge in [-0.1, -0.05) is 12.1 Å². The molecule has 0 aliphatic carbocycles. The van der Waals surface area contributed by atoms with E-state index in [1.807, 2.05) is 63.4 Å². The quantitative estimate of drug-likeness (QED) is 0.446. The van der Waals surface area contributed by atoms with Gasteiger partial charge in [-0.05, 0) is 70.0 Å². The van der Waals surface area contributed by atoms with Crippen molar-refractivity contribution in [2.24, 2.45) is 0 Å². The molecular weight excluding hydrogens is 376 g/mol. The maximum Gasteiger partial charge on any atom is 0.232 e. The highest BCUT2D eigenvalue weighted by atomic mass is 16.5. The Morgan fingerprint density at radius 1 is 0.833 bits per heavy atom. The molecule has 0 radical (unpaired) electrons. The molecule has 3 aromatic heterocycles. The molecule has 0 fully saturated rings. The number of pyridine rings is 1. The van der Waals surface area contributed by atoms with E-state index in [0.717, 1.165) is 33.9 Å². The van der Waals surface area contributed by atoms with E-state index in [9.17, 15) is 0 Å². The van der Waals surface area contributed by atoms with Crippen molar-refractivity contribution >= 4 is 5.65 Å². The summed E-state index contributed by atoms with van der Waals surface area (Å²) in [6, 6.07) is 12.2. The van der Waals surface area contributed by atoms with Crippen molar-refractivity contribution in [3.63, 3.8) is 0 Å². The lowest BCUT2D eigenvalue weighted by Gasteiger charge is -2.19. The van der Waals surface area contributed by atoms with Crippen LogP contribution in [0.25, 0.3) is 28.2 Å². The minimum atomic E-state index is -0.315. The minimum absolute atomic E-state index is 0.155. The summed E-state index contributed by atoms with van der Waals surface area (Å²) in [5.41, 5.74) is 4.34. The zero-order chi connectivity index (χ0) is 21.3. The number of benzene rings is 1. The normalized spacial score (nSPS) is 11.8. The van der Waals surface area contributed by atoms with Gasteiger partial charge in [0.2, 0.25) is 5.88 Å². The first kappa shape index (κ1) is 19.9. The molecule has 0 atom stereocenters. The number of nitrogens with zero attached hydrogens (tertiary/aromatic N) is 4. The predicted molar refractivity (Wildman–Crippen MR) is 118 cm³/mol. The maximum absolute atomic E-state index is 5.77. The molecule has 0 spiro atoms. The molecule has 0 aliphatic heterocycles. The molecule has 6 nitrogen and oxygen atoms in total. The van der Waals surface area contributed by atoms with Gasteiger partial charge in [0.1, 0.15) is 22.7 Å². The molecule has 1 aromatic carbocycles. The van der Waals surface area contributed by atoms with Gasteiger partial charge in [-0.2, -0.15) is 0 Å². The third kappa shape index (κ3) is 4.43. The standard InChI is InChI=1S/C24H26N4O2/c1-16(2)29-19-9-6-17(7-10-19)18-8-11-22-26-13-21(28(22)15-18)20-12-27-23(14-25-20)30-24(3,4)5/h6-16H,1-5H3. The molecule has 0 aliphatic rings. The number of aromatic nitrogens is 4. The van der Waals surface area contributed by atoms with E-state index in [1.54, 1.807) is 12.4 Å². The Morgan fingerprint density at radius 2 is 1.57 bits per heavy atom. The molecule has 0 saturated carbocycles. The number of imidazole rings is 1. The summed E-state index contributed by atoms with van der Waals surface area (Å²) in [7, 11) is 0. The fourth-order valence-electron chi connectivity index (χ4n) is 3.15. The van der Waals surface area contributed by atoms with Gasteiger partial charge in [0, 0.05) is 6.20 Å². The van der Waals surface area contributed by atoms with Crippen LogP contribution in [0.2, 0.25) is 0 Å². The Bertz CT molecular complexity index is 1140. The molecule has 3 heterocycles. The Hall–Kier alpha value is -3.41. The van der Waals surface area contributed by atoms with Crippen LogP contribution in [0.5, 0.6) is 11.6 Å². The molecule has 0 N–H and O–H groups in total. The first-order valence-corrected chi connectivity index (χ1v) is 10.0. The molecule has 0 amide bonds. The number of rotatable bonds is 5. The van der Waals surface area contributed by atoms with Crippen molar-refractivity contribution in [3.05, 3.63) is 61.2 Å². The van der Waals surface area contributed by atoms with Crippen LogP contribution in [0.1, 0.15) is 34.6 Å². The summed E-state index contributed by atoms with van der Waals surface area (Å²) in [4.78, 5) is 13.4. The summed E-state index contributed by atoms with van der Waals surface area (Å²) < 4.78 is 13.5. The Kier molecular flexibility index (Phi) is 5.16. The van der Waals surface area contributed by atoms with Gasteiger partial charge < -0.3 is 9.47 Å². The highest BCUT2D eigenvalue weighted by molar-refractivity contribution is 5.68. The van der Waals surface area contributed by atoms with Crippen LogP contribution in [-0.2, 0) is 0 Å². The van der Waals surface area contributed by atoms with E-state index in [4.69, 9.17) is 9.47 Å². The highest BCUT2D eigenvalue weighted by Crippen LogP contribution is 2.26. The summed E-state index contributed by atoms with van der Waals surface area (Å²) in [6.07, 6.45) is 7.40. The molecule has 4 aromatic rings. The Labute approximate surface area is 176 Å². The SMILES string of the molecule is CC(C)Oc1ccc(-c2ccc3ncc(-c4cnc(OC(C)(C)C)cn4)n3c2)cc1. The highest BCUT2D eigenvalue weighted by Gasteiger charge is 2.14. The van der Waals surface area contributed by atoms with Gasteiger partial charge >= 0.3 is 0 Å². The molecule has 154 valence electrons. The lowest BCUT2D eigenvalue weighted by molar-refractivity contribution is 0.123. The molecule has 0 saturated heterocycles. The third-order valence-electron chi connectivity index (χ3n) is 4.37. The van der Waals surface area contributed by atoms with Gasteiger partial charge in [0.05, 0.1) is 30.4 Å². The number of hydrogen-bond acceptors (Lipinski definition) is 5. The average Bonchev–Trinajstić information content (AvgIpc) is 3.11. The van der Waals surface area contributed by atoms with Gasteiger partial charge in [-0.15, -0.1) is 0 Å². The second-order valence-electron chi connectivity index (χ2n) is 8.43. The summed E-state index contributed by atoms with van der Waals surface area (Å²) in [5, 5.41) is 0. The third-order valence-corrected chi connectivity index (χ3v) is 4.37. The predicted octanol–water partition coefficient (Wildman–Crippen LogP) is 5.42. The lowest BCUT2D eigenvalue weighted by Crippen LogP contribution is -2.23. The summed E-state index contributed by atoms with van der Waals surface area (Å²) in [5.74, 6) is 1.37. The summed E-state index contributed by atoms with van der Waals surface area (Å²) >= 11 is 0. The van der Waals surface area contributed by atoms with Gasteiger partial charge in [0.15, 0.2) is 0 Å². The van der Waals surface area contributed by atoms with Crippen LogP contribution in [0.3, 0.4) is 0 Å². The van der Waals surface area contributed by atoms with Crippen LogP contribution in [0, 0.1) is 0 Å². The van der Waals surface area contributed by atoms with Gasteiger partial charge in [-0.25, -0.2) is 15.0 Å². The first-order chi connectivity index (χ1) is 14.3. The first-order valence-electron chi connectivity index (χ1n) is 10.0. The number of hydrogen-bond donors (Lipinski definition) is 0. The molecule has 4 rings (SSSR count). The Balaban J connectivity index is 1.65. The van der Waals surface area contributed by atoms with E-state index in [2.05, 4.69) is 39.3 Å². The van der Waals surface area contributed by atoms with Crippen molar-refractivity contribution < 1.29 is 9.47 Å². The monoisotopic (exact) mass is 402 g/mol. The second kappa shape index (κ2) is 7.78. The van der Waals surface area contributed by atoms with Crippen LogP contribution in [-0.4, -0.2) is 31.1 Å². The van der Waals surface area contributed by atoms with Crippen molar-refractivity contribution in [2.75, 3.05) is 0 Å². The molecular formula is C24H26N4O2. The fourth-order valence-corrected chi connectivity index (χ4v) is 3.15. The van der Waals surface area contributed by atoms with Crippen LogP contribution in [0.15, 0.2) is 61.2 Å². The van der Waals surface area contributed by atoms with Crippen molar-refractivity contribution in [1.29, 1.82) is 0 Å². The lowest BCUT2D eigenvalue weighted by atomic mass is 10.1. The average molecular weight is 402 g/mol. The molecule has 0 unspecified atom stereocenters. The molecule has 0 bridgehead atoms. The van der Waals surface area contributed by atoms with Gasteiger partial charge in [0.25, 0.3) is 0 Å². The number of fused-ring (bicyclic) bond motifs is 1. The van der Waals surface area contributed by atoms with E-state index in [1.165, 1.54) is 0 Å². The minimum Gasteiger partial charge on any atom is -0.491 e. The zero-order valence-corrected chi connectivity index (χ0v) is 18.0. The van der Waals surface area contributed by atoms with Crippen molar-refractivity contribution in [3.8, 4) is 34.1 Å². The Morgan fingerprint density at radius 3 is 2.20 bits per heavy atom. The zero-order valence-electron chi connectivity index (χ0n) is 18.0. The van der Waals surface area contributed by atoms with E-state index < -0.39 is 0 Å². The number of ether oxygens (including phenoxy) is 2. The van der Waals surface area contributed by atoms with E-state index in [-0.39, 0.29) is 11.7 Å². The maximum atomic E-state index is 5.77. The van der Waals surface area contributed by atoms with E-state index >= 15 is 0 Å². The van der Waals surface area contributed by atoms with Crippen LogP contribution < -0.4 is 9.47 Å². The van der Waals surface area contributed by atoms with Crippen molar-refractivity contribution in [2.45, 2.75) is 46.3 Å². The van der Waals surface area contributed by atoms with Crippen LogP contribution >= 0.6 is 0 Å². The molecule has 6 heteroatoms.